The topological polar surface area (TPSA) is 76.1 Å². The predicted octanol–water partition coefficient (Wildman–Crippen LogP) is 2.60. The van der Waals surface area contributed by atoms with Gasteiger partial charge in [0.1, 0.15) is 0 Å². The zero-order valence-corrected chi connectivity index (χ0v) is 15.6. The number of carbonyl (C=O) groups excluding carboxylic acids is 1. The molecule has 0 unspecified atom stereocenters. The SMILES string of the molecule is C[C@@]1(NC(=O)CSc2nc(-c3ccccc3)cs2)CCS(=O)(=O)C1. The summed E-state index contributed by atoms with van der Waals surface area (Å²) in [6.45, 7) is 1.79. The van der Waals surface area contributed by atoms with Crippen LogP contribution in [0.15, 0.2) is 40.1 Å². The van der Waals surface area contributed by atoms with Crippen LogP contribution < -0.4 is 5.32 Å². The van der Waals surface area contributed by atoms with Crippen molar-refractivity contribution in [3.05, 3.63) is 35.7 Å². The molecule has 0 aliphatic carbocycles. The molecule has 3 rings (SSSR count). The van der Waals surface area contributed by atoms with Crippen molar-refractivity contribution in [1.29, 1.82) is 0 Å². The van der Waals surface area contributed by atoms with E-state index in [4.69, 9.17) is 0 Å². The number of thioether (sulfide) groups is 1. The van der Waals surface area contributed by atoms with Crippen molar-refractivity contribution in [1.82, 2.24) is 10.3 Å². The van der Waals surface area contributed by atoms with E-state index in [-0.39, 0.29) is 23.2 Å². The number of carbonyl (C=O) groups is 1. The highest BCUT2D eigenvalue weighted by Crippen LogP contribution is 2.28. The van der Waals surface area contributed by atoms with Crippen LogP contribution in [0.4, 0.5) is 0 Å². The molecule has 1 aromatic heterocycles. The Balaban J connectivity index is 1.55. The maximum Gasteiger partial charge on any atom is 0.230 e. The summed E-state index contributed by atoms with van der Waals surface area (Å²) in [5.74, 6) is 0.239. The van der Waals surface area contributed by atoms with E-state index in [0.717, 1.165) is 15.6 Å². The first-order valence-corrected chi connectivity index (χ1v) is 11.2. The molecule has 1 aromatic carbocycles. The summed E-state index contributed by atoms with van der Waals surface area (Å²) in [6.07, 6.45) is 0.473. The van der Waals surface area contributed by atoms with E-state index < -0.39 is 15.4 Å². The lowest BCUT2D eigenvalue weighted by Gasteiger charge is -2.23. The summed E-state index contributed by atoms with van der Waals surface area (Å²) in [5.41, 5.74) is 1.31. The minimum Gasteiger partial charge on any atom is -0.349 e. The Kier molecular flexibility index (Phi) is 4.98. The molecule has 24 heavy (non-hydrogen) atoms. The molecule has 5 nitrogen and oxygen atoms in total. The van der Waals surface area contributed by atoms with E-state index in [9.17, 15) is 13.2 Å². The first kappa shape index (κ1) is 17.4. The normalized spacial score (nSPS) is 22.4. The lowest BCUT2D eigenvalue weighted by Crippen LogP contribution is -2.47. The van der Waals surface area contributed by atoms with Crippen molar-refractivity contribution in [2.24, 2.45) is 0 Å². The third-order valence-electron chi connectivity index (χ3n) is 3.82. The van der Waals surface area contributed by atoms with Gasteiger partial charge < -0.3 is 5.32 Å². The Morgan fingerprint density at radius 1 is 1.38 bits per heavy atom. The van der Waals surface area contributed by atoms with Gasteiger partial charge in [0, 0.05) is 10.9 Å². The molecule has 0 saturated carbocycles. The molecule has 1 aliphatic rings. The molecule has 0 spiro atoms. The van der Waals surface area contributed by atoms with E-state index in [1.165, 1.54) is 23.1 Å². The zero-order valence-electron chi connectivity index (χ0n) is 13.2. The van der Waals surface area contributed by atoms with Crippen molar-refractivity contribution < 1.29 is 13.2 Å². The lowest BCUT2D eigenvalue weighted by atomic mass is 10.0. The van der Waals surface area contributed by atoms with Crippen molar-refractivity contribution in [3.63, 3.8) is 0 Å². The highest BCUT2D eigenvalue weighted by molar-refractivity contribution is 8.01. The number of rotatable bonds is 5. The Bertz CT molecular complexity index is 833. The highest BCUT2D eigenvalue weighted by Gasteiger charge is 2.39. The maximum absolute atomic E-state index is 12.1. The molecular weight excluding hydrogens is 364 g/mol. The van der Waals surface area contributed by atoms with Crippen LogP contribution in [-0.4, -0.2) is 42.1 Å². The summed E-state index contributed by atoms with van der Waals surface area (Å²) >= 11 is 2.88. The number of hydrogen-bond donors (Lipinski definition) is 1. The number of aromatic nitrogens is 1. The fraction of sp³-hybridized carbons (Fsp3) is 0.375. The standard InChI is InChI=1S/C16H18N2O3S3/c1-16(7-8-24(20,21)11-16)18-14(19)10-23-15-17-13(9-22-15)12-5-3-2-4-6-12/h2-6,9H,7-8,10-11H2,1H3,(H,18,19)/t16-/m1/s1. The number of amides is 1. The van der Waals surface area contributed by atoms with E-state index in [0.29, 0.717) is 6.42 Å². The van der Waals surface area contributed by atoms with E-state index in [1.54, 1.807) is 6.92 Å². The van der Waals surface area contributed by atoms with Gasteiger partial charge in [-0.15, -0.1) is 11.3 Å². The van der Waals surface area contributed by atoms with Gasteiger partial charge >= 0.3 is 0 Å². The highest BCUT2D eigenvalue weighted by atomic mass is 32.2. The van der Waals surface area contributed by atoms with Crippen LogP contribution in [0.1, 0.15) is 13.3 Å². The smallest absolute Gasteiger partial charge is 0.230 e. The average Bonchev–Trinajstić information content (AvgIpc) is 3.10. The summed E-state index contributed by atoms with van der Waals surface area (Å²) in [7, 11) is -3.03. The van der Waals surface area contributed by atoms with Gasteiger partial charge in [-0.3, -0.25) is 4.79 Å². The molecule has 1 atom stereocenters. The monoisotopic (exact) mass is 382 g/mol. The Labute approximate surface area is 149 Å². The Morgan fingerprint density at radius 2 is 2.12 bits per heavy atom. The van der Waals surface area contributed by atoms with Crippen molar-refractivity contribution in [3.8, 4) is 11.3 Å². The molecule has 128 valence electrons. The first-order chi connectivity index (χ1) is 11.4. The van der Waals surface area contributed by atoms with Crippen molar-refractivity contribution in [2.75, 3.05) is 17.3 Å². The molecule has 2 heterocycles. The van der Waals surface area contributed by atoms with Gasteiger partial charge in [-0.2, -0.15) is 0 Å². The number of sulfone groups is 1. The van der Waals surface area contributed by atoms with Gasteiger partial charge in [-0.1, -0.05) is 42.1 Å². The van der Waals surface area contributed by atoms with Crippen molar-refractivity contribution >= 4 is 38.8 Å². The van der Waals surface area contributed by atoms with Gasteiger partial charge in [0.15, 0.2) is 14.2 Å². The second-order valence-electron chi connectivity index (χ2n) is 6.10. The summed E-state index contributed by atoms with van der Waals surface area (Å²) < 4.78 is 24.0. The first-order valence-electron chi connectivity index (χ1n) is 7.50. The Hall–Kier alpha value is -1.38. The molecule has 8 heteroatoms. The van der Waals surface area contributed by atoms with Crippen LogP contribution in [0.5, 0.6) is 0 Å². The second-order valence-corrected chi connectivity index (χ2v) is 10.4. The minimum absolute atomic E-state index is 0.0197. The van der Waals surface area contributed by atoms with Gasteiger partial charge in [0.25, 0.3) is 0 Å². The number of nitrogens with one attached hydrogen (secondary N) is 1. The van der Waals surface area contributed by atoms with Crippen LogP contribution in [0.3, 0.4) is 0 Å². The molecule has 1 aliphatic heterocycles. The molecule has 0 bridgehead atoms. The molecular formula is C16H18N2O3S3. The maximum atomic E-state index is 12.1. The number of hydrogen-bond acceptors (Lipinski definition) is 6. The third-order valence-corrected chi connectivity index (χ3v) is 7.75. The summed E-state index contributed by atoms with van der Waals surface area (Å²) in [4.78, 5) is 16.6. The summed E-state index contributed by atoms with van der Waals surface area (Å²) in [6, 6.07) is 9.88. The van der Waals surface area contributed by atoms with Gasteiger partial charge in [0.2, 0.25) is 5.91 Å². The van der Waals surface area contributed by atoms with Crippen LogP contribution in [0, 0.1) is 0 Å². The number of benzene rings is 1. The fourth-order valence-electron chi connectivity index (χ4n) is 2.67. The molecule has 0 radical (unpaired) electrons. The predicted molar refractivity (Wildman–Crippen MR) is 98.1 cm³/mol. The largest absolute Gasteiger partial charge is 0.349 e. The third kappa shape index (κ3) is 4.37. The van der Waals surface area contributed by atoms with Crippen LogP contribution in [-0.2, 0) is 14.6 Å². The lowest BCUT2D eigenvalue weighted by molar-refractivity contribution is -0.120. The number of thiazole rings is 1. The van der Waals surface area contributed by atoms with Gasteiger partial charge in [-0.25, -0.2) is 13.4 Å². The minimum atomic E-state index is -3.03. The van der Waals surface area contributed by atoms with Crippen LogP contribution >= 0.6 is 23.1 Å². The van der Waals surface area contributed by atoms with Gasteiger partial charge in [-0.05, 0) is 13.3 Å². The quantitative estimate of drug-likeness (QED) is 0.805. The van der Waals surface area contributed by atoms with Crippen molar-refractivity contribution in [2.45, 2.75) is 23.2 Å². The van der Waals surface area contributed by atoms with E-state index in [2.05, 4.69) is 10.3 Å². The second kappa shape index (κ2) is 6.85. The molecule has 1 amide bonds. The zero-order chi connectivity index (χ0) is 17.2. The summed E-state index contributed by atoms with van der Waals surface area (Å²) in [5, 5.41) is 4.83. The average molecular weight is 383 g/mol. The number of nitrogens with zero attached hydrogens (tertiary/aromatic N) is 1. The molecule has 1 fully saturated rings. The van der Waals surface area contributed by atoms with E-state index >= 15 is 0 Å². The molecule has 1 N–H and O–H groups in total. The van der Waals surface area contributed by atoms with Gasteiger partial charge in [0.05, 0.1) is 28.5 Å². The Morgan fingerprint density at radius 3 is 2.79 bits per heavy atom. The van der Waals surface area contributed by atoms with Crippen LogP contribution in [0.2, 0.25) is 0 Å². The molecule has 2 aromatic rings. The molecule has 1 saturated heterocycles. The fourth-order valence-corrected chi connectivity index (χ4v) is 6.40. The van der Waals surface area contributed by atoms with E-state index in [1.807, 2.05) is 35.7 Å². The van der Waals surface area contributed by atoms with Crippen LogP contribution in [0.25, 0.3) is 11.3 Å².